The smallest absolute Gasteiger partial charge is 0.408 e. The maximum absolute atomic E-state index is 14.8. The van der Waals surface area contributed by atoms with Gasteiger partial charge in [0.15, 0.2) is 0 Å². The van der Waals surface area contributed by atoms with Crippen molar-refractivity contribution >= 4 is 45.4 Å². The van der Waals surface area contributed by atoms with Gasteiger partial charge in [0.25, 0.3) is 5.91 Å². The van der Waals surface area contributed by atoms with Gasteiger partial charge < -0.3 is 25.0 Å². The molecular weight excluding hydrogens is 737 g/mol. The summed E-state index contributed by atoms with van der Waals surface area (Å²) < 4.78 is 40.1. The first-order valence-corrected chi connectivity index (χ1v) is 21.5. The van der Waals surface area contributed by atoms with Crippen LogP contribution in [0, 0.1) is 11.8 Å². The van der Waals surface area contributed by atoms with Crippen LogP contribution in [0.15, 0.2) is 48.1 Å². The second-order valence-corrected chi connectivity index (χ2v) is 18.8. The minimum absolute atomic E-state index is 0.0256. The molecule has 1 saturated heterocycles. The molecule has 308 valence electrons. The molecule has 2 saturated carbocycles. The third kappa shape index (κ3) is 9.75. The maximum Gasteiger partial charge on any atom is 0.408 e. The van der Waals surface area contributed by atoms with Gasteiger partial charge in [0.1, 0.15) is 29.3 Å². The Morgan fingerprint density at radius 3 is 2.38 bits per heavy atom. The number of alkyl carbamates (subject to hydrolysis) is 1. The number of benzene rings is 1. The number of carbonyl (C=O) groups is 4. The minimum Gasteiger partial charge on any atom is -0.471 e. The highest BCUT2D eigenvalue weighted by Gasteiger charge is 2.62. The van der Waals surface area contributed by atoms with E-state index in [1.807, 2.05) is 71.0 Å². The summed E-state index contributed by atoms with van der Waals surface area (Å²) in [5.41, 5.74) is -0.0732. The molecule has 6 unspecified atom stereocenters. The van der Waals surface area contributed by atoms with Gasteiger partial charge in [0.2, 0.25) is 27.7 Å². The van der Waals surface area contributed by atoms with Crippen molar-refractivity contribution in [3.05, 3.63) is 54.1 Å². The Morgan fingerprint density at radius 2 is 1.77 bits per heavy atom. The number of likely N-dealkylation sites (tertiary alicyclic amines) is 1. The molecular formula is C41H60N6O8S. The molecule has 0 radical (unpaired) electrons. The standard InChI is InChI=1S/C41H60N6O8S/c1-10-12-16-26(5)34(42-39(51)55-40(7,8)9)37(49)46-24-29(54-36-32-19-15-14-18-31(32)27(6)47(44-36)25(3)4)22-33(46)35(48)43-41(23-28(41)17-13-11-2)38(50)45-56(52,53)30-20-21-30/h13-15,17-19,25-26,28-30,33-34H,6,10-12,16,20-24H2,1-5,7-9H3,(H,42,51)(H,43,48)(H,45,50). The Morgan fingerprint density at radius 1 is 1.09 bits per heavy atom. The van der Waals surface area contributed by atoms with Crippen molar-refractivity contribution in [3.63, 3.8) is 0 Å². The van der Waals surface area contributed by atoms with Gasteiger partial charge in [0.05, 0.1) is 17.5 Å². The number of carbonyl (C=O) groups excluding carboxylic acids is 4. The summed E-state index contributed by atoms with van der Waals surface area (Å²) >= 11 is 0. The summed E-state index contributed by atoms with van der Waals surface area (Å²) in [6.07, 6.45) is 6.37. The number of fused-ring (bicyclic) bond motifs is 1. The Kier molecular flexibility index (Phi) is 13.0. The van der Waals surface area contributed by atoms with E-state index in [9.17, 15) is 27.6 Å². The molecule has 15 heteroatoms. The largest absolute Gasteiger partial charge is 0.471 e. The molecule has 1 aromatic rings. The molecule has 0 aromatic heterocycles. The number of nitrogens with one attached hydrogen (secondary N) is 3. The van der Waals surface area contributed by atoms with Crippen LogP contribution in [0.25, 0.3) is 5.70 Å². The molecule has 2 aliphatic heterocycles. The lowest BCUT2D eigenvalue weighted by Crippen LogP contribution is -2.59. The Bertz CT molecular complexity index is 1850. The van der Waals surface area contributed by atoms with E-state index in [2.05, 4.69) is 21.9 Å². The number of hydrazone groups is 1. The summed E-state index contributed by atoms with van der Waals surface area (Å²) in [6.45, 7) is 19.2. The SMILES string of the molecule is C=C1c2ccccc2C(OC2CC(C(=O)NC3(C(=O)NS(=O)(=O)C4CC4)CC3C=CCC)N(C(=O)C(NC(=O)OC(C)(C)C)C(C)CCCC)C2)=NN1C(C)C. The first kappa shape index (κ1) is 42.7. The van der Waals surface area contributed by atoms with Gasteiger partial charge in [0, 0.05) is 29.5 Å². The van der Waals surface area contributed by atoms with Crippen LogP contribution in [0.3, 0.4) is 0 Å². The molecule has 0 spiro atoms. The number of ether oxygens (including phenoxy) is 2. The van der Waals surface area contributed by atoms with Crippen LogP contribution in [0.1, 0.15) is 118 Å². The van der Waals surface area contributed by atoms with E-state index in [0.29, 0.717) is 42.8 Å². The molecule has 3 N–H and O–H groups in total. The van der Waals surface area contributed by atoms with Crippen molar-refractivity contribution in [2.75, 3.05) is 6.54 Å². The van der Waals surface area contributed by atoms with E-state index in [4.69, 9.17) is 14.6 Å². The van der Waals surface area contributed by atoms with E-state index < -0.39 is 74.3 Å². The van der Waals surface area contributed by atoms with Gasteiger partial charge in [-0.25, -0.2) is 13.2 Å². The van der Waals surface area contributed by atoms with Crippen LogP contribution in [0.2, 0.25) is 0 Å². The first-order valence-electron chi connectivity index (χ1n) is 20.0. The zero-order valence-electron chi connectivity index (χ0n) is 34.1. The van der Waals surface area contributed by atoms with Gasteiger partial charge in [-0.2, -0.15) is 0 Å². The predicted octanol–water partition coefficient (Wildman–Crippen LogP) is 5.20. The van der Waals surface area contributed by atoms with Gasteiger partial charge in [-0.3, -0.25) is 24.1 Å². The number of unbranched alkanes of at least 4 members (excludes halogenated alkanes) is 1. The van der Waals surface area contributed by atoms with Crippen molar-refractivity contribution in [2.24, 2.45) is 16.9 Å². The maximum atomic E-state index is 14.8. The average molecular weight is 797 g/mol. The average Bonchev–Trinajstić information content (AvgIpc) is 4.05. The van der Waals surface area contributed by atoms with Crippen molar-refractivity contribution in [3.8, 4) is 0 Å². The summed E-state index contributed by atoms with van der Waals surface area (Å²) in [5, 5.41) is 11.6. The van der Waals surface area contributed by atoms with Crippen LogP contribution in [0.5, 0.6) is 0 Å². The predicted molar refractivity (Wildman–Crippen MR) is 214 cm³/mol. The fraction of sp³-hybridized carbons (Fsp3) is 0.634. The fourth-order valence-corrected chi connectivity index (χ4v) is 8.69. The first-order chi connectivity index (χ1) is 26.3. The van der Waals surface area contributed by atoms with Gasteiger partial charge in [-0.1, -0.05) is 70.5 Å². The monoisotopic (exact) mass is 796 g/mol. The Balaban J connectivity index is 1.49. The van der Waals surface area contributed by atoms with Crippen LogP contribution < -0.4 is 15.4 Å². The number of nitrogens with zero attached hydrogens (tertiary/aromatic N) is 3. The molecule has 3 fully saturated rings. The van der Waals surface area contributed by atoms with Crippen LogP contribution in [0.4, 0.5) is 4.79 Å². The highest BCUT2D eigenvalue weighted by Crippen LogP contribution is 2.46. The van der Waals surface area contributed by atoms with E-state index in [1.54, 1.807) is 25.8 Å². The third-order valence-electron chi connectivity index (χ3n) is 10.6. The van der Waals surface area contributed by atoms with Crippen LogP contribution in [-0.2, 0) is 33.9 Å². The summed E-state index contributed by atoms with van der Waals surface area (Å²) in [5.74, 6) is -2.38. The van der Waals surface area contributed by atoms with Crippen molar-refractivity contribution in [1.29, 1.82) is 0 Å². The van der Waals surface area contributed by atoms with Gasteiger partial charge >= 0.3 is 6.09 Å². The van der Waals surface area contributed by atoms with E-state index in [1.165, 1.54) is 4.90 Å². The Hall–Kier alpha value is -4.40. The fourth-order valence-electron chi connectivity index (χ4n) is 7.32. The van der Waals surface area contributed by atoms with Crippen LogP contribution in [-0.4, -0.2) is 95.2 Å². The lowest BCUT2D eigenvalue weighted by molar-refractivity contribution is -0.142. The van der Waals surface area contributed by atoms with Crippen molar-refractivity contribution < 1.29 is 37.1 Å². The normalized spacial score (nSPS) is 24.6. The van der Waals surface area contributed by atoms with E-state index in [0.717, 1.165) is 18.4 Å². The minimum atomic E-state index is -3.90. The number of amides is 4. The molecule has 0 bridgehead atoms. The molecule has 56 heavy (non-hydrogen) atoms. The molecule has 4 aliphatic rings. The number of hydrogen-bond donors (Lipinski definition) is 3. The molecule has 2 heterocycles. The second kappa shape index (κ2) is 17.0. The molecule has 14 nitrogen and oxygen atoms in total. The lowest BCUT2D eigenvalue weighted by Gasteiger charge is -2.33. The van der Waals surface area contributed by atoms with Crippen molar-refractivity contribution in [2.45, 2.75) is 147 Å². The van der Waals surface area contributed by atoms with Gasteiger partial charge in [-0.05, 0) is 78.7 Å². The molecule has 4 amide bonds. The zero-order valence-corrected chi connectivity index (χ0v) is 34.9. The molecule has 6 atom stereocenters. The van der Waals surface area contributed by atoms with Gasteiger partial charge in [-0.15, -0.1) is 5.10 Å². The number of rotatable bonds is 15. The second-order valence-electron chi connectivity index (χ2n) is 16.8. The Labute approximate surface area is 331 Å². The lowest BCUT2D eigenvalue weighted by atomic mass is 9.94. The molecule has 5 rings (SSSR count). The number of hydrogen-bond acceptors (Lipinski definition) is 10. The number of allylic oxidation sites excluding steroid dienone is 1. The van der Waals surface area contributed by atoms with E-state index >= 15 is 0 Å². The summed E-state index contributed by atoms with van der Waals surface area (Å²) in [6, 6.07) is 5.37. The molecule has 1 aromatic carbocycles. The number of sulfonamides is 1. The quantitative estimate of drug-likeness (QED) is 0.202. The highest BCUT2D eigenvalue weighted by atomic mass is 32.2. The topological polar surface area (TPSA) is 176 Å². The summed E-state index contributed by atoms with van der Waals surface area (Å²) in [4.78, 5) is 57.7. The summed E-state index contributed by atoms with van der Waals surface area (Å²) in [7, 11) is -3.90. The third-order valence-corrected chi connectivity index (χ3v) is 12.5. The highest BCUT2D eigenvalue weighted by molar-refractivity contribution is 7.91. The molecule has 2 aliphatic carbocycles. The zero-order chi connectivity index (χ0) is 41.2. The van der Waals surface area contributed by atoms with Crippen molar-refractivity contribution in [1.82, 2.24) is 25.3 Å². The van der Waals surface area contributed by atoms with Crippen LogP contribution >= 0.6 is 0 Å². The van der Waals surface area contributed by atoms with E-state index in [-0.39, 0.29) is 31.3 Å².